The van der Waals surface area contributed by atoms with Crippen LogP contribution in [0.25, 0.3) is 0 Å². The monoisotopic (exact) mass is 301 g/mol. The van der Waals surface area contributed by atoms with Crippen LogP contribution in [-0.2, 0) is 0 Å². The molecule has 2 rings (SSSR count). The van der Waals surface area contributed by atoms with Crippen LogP contribution in [0, 0.1) is 0 Å². The van der Waals surface area contributed by atoms with E-state index < -0.39 is 13.5 Å². The Labute approximate surface area is 106 Å². The summed E-state index contributed by atoms with van der Waals surface area (Å²) in [5, 5.41) is 1.84. The van der Waals surface area contributed by atoms with Crippen molar-refractivity contribution in [2.24, 2.45) is 0 Å². The number of thiol groups is 2. The van der Waals surface area contributed by atoms with Gasteiger partial charge in [-0.1, -0.05) is 0 Å². The van der Waals surface area contributed by atoms with Crippen LogP contribution in [0.1, 0.15) is 23.1 Å². The summed E-state index contributed by atoms with van der Waals surface area (Å²) in [5.41, 5.74) is 7.92. The Balaban J connectivity index is 2.23. The van der Waals surface area contributed by atoms with Gasteiger partial charge >= 0.3 is 106 Å². The van der Waals surface area contributed by atoms with Gasteiger partial charge in [0.1, 0.15) is 0 Å². The van der Waals surface area contributed by atoms with Crippen molar-refractivity contribution in [3.63, 3.8) is 0 Å². The van der Waals surface area contributed by atoms with Gasteiger partial charge in [0.2, 0.25) is 0 Å². The number of nitrogen functional groups attached to an aromatic ring is 1. The summed E-state index contributed by atoms with van der Waals surface area (Å²) in [6.07, 6.45) is 2.53. The number of anilines is 1. The van der Waals surface area contributed by atoms with Gasteiger partial charge in [0.05, 0.1) is 0 Å². The average molecular weight is 301 g/mol. The maximum absolute atomic E-state index is 5.70. The van der Waals surface area contributed by atoms with Crippen LogP contribution >= 0.6 is 23.5 Å². The van der Waals surface area contributed by atoms with Crippen molar-refractivity contribution >= 4 is 42.7 Å². The number of hydrogen-bond donors (Lipinski definition) is 3. The first-order valence-corrected chi connectivity index (χ1v) is 11.0. The van der Waals surface area contributed by atoms with Crippen LogP contribution < -0.4 is 5.73 Å². The Morgan fingerprint density at radius 1 is 1.27 bits per heavy atom. The van der Waals surface area contributed by atoms with Crippen molar-refractivity contribution in [1.82, 2.24) is 0 Å². The molecule has 1 aliphatic heterocycles. The number of nitrogens with two attached hydrogens (primary N) is 1. The third kappa shape index (κ3) is 2.69. The van der Waals surface area contributed by atoms with E-state index >= 15 is 0 Å². The van der Waals surface area contributed by atoms with Crippen LogP contribution in [-0.4, -0.2) is 18.7 Å². The van der Waals surface area contributed by atoms with Crippen molar-refractivity contribution in [1.29, 1.82) is 0 Å². The van der Waals surface area contributed by atoms with Crippen LogP contribution in [0.3, 0.4) is 0 Å². The van der Waals surface area contributed by atoms with E-state index in [0.29, 0.717) is 9.96 Å². The fourth-order valence-corrected chi connectivity index (χ4v) is 9.92. The molecule has 1 saturated heterocycles. The average Bonchev–Trinajstić information content (AvgIpc) is 2.20. The molecule has 0 saturated carbocycles. The third-order valence-electron chi connectivity index (χ3n) is 2.85. The van der Waals surface area contributed by atoms with E-state index in [4.69, 9.17) is 29.3 Å². The molecule has 0 aliphatic carbocycles. The minimum atomic E-state index is -1.00. The topological polar surface area (TPSA) is 26.0 Å². The first-order valence-electron chi connectivity index (χ1n) is 5.17. The SMILES string of the molecule is Nc1ccc(C2C(S)CCC[As]2S)cc1. The normalized spacial score (nSPS) is 31.5. The van der Waals surface area contributed by atoms with E-state index in [2.05, 4.69) is 12.1 Å². The molecule has 1 nitrogen and oxygen atoms in total. The molecule has 4 heteroatoms. The zero-order chi connectivity index (χ0) is 10.8. The van der Waals surface area contributed by atoms with Gasteiger partial charge in [-0.15, -0.1) is 0 Å². The molecule has 0 aromatic heterocycles. The summed E-state index contributed by atoms with van der Waals surface area (Å²) in [6.45, 7) is 0. The second kappa shape index (κ2) is 5.07. The molecule has 0 amide bonds. The summed E-state index contributed by atoms with van der Waals surface area (Å²) < 4.78 is 0.610. The van der Waals surface area contributed by atoms with Gasteiger partial charge in [0, 0.05) is 0 Å². The van der Waals surface area contributed by atoms with Crippen molar-refractivity contribution < 1.29 is 0 Å². The quantitative estimate of drug-likeness (QED) is 0.415. The predicted octanol–water partition coefficient (Wildman–Crippen LogP) is 2.91. The second-order valence-corrected chi connectivity index (χ2v) is 11.3. The molecule has 15 heavy (non-hydrogen) atoms. The van der Waals surface area contributed by atoms with Gasteiger partial charge in [0.15, 0.2) is 0 Å². The fourth-order valence-electron chi connectivity index (χ4n) is 2.05. The molecule has 1 heterocycles. The van der Waals surface area contributed by atoms with E-state index in [9.17, 15) is 0 Å². The summed E-state index contributed by atoms with van der Waals surface area (Å²) in [6, 6.07) is 8.26. The summed E-state index contributed by atoms with van der Waals surface area (Å²) >= 11 is 3.71. The number of rotatable bonds is 1. The molecule has 0 radical (unpaired) electrons. The molecule has 3 unspecified atom stereocenters. The van der Waals surface area contributed by atoms with Gasteiger partial charge in [-0.3, -0.25) is 0 Å². The summed E-state index contributed by atoms with van der Waals surface area (Å²) in [4.78, 5) is 0. The van der Waals surface area contributed by atoms with Crippen molar-refractivity contribution in [2.75, 3.05) is 5.73 Å². The Kier molecular flexibility index (Phi) is 3.97. The summed E-state index contributed by atoms with van der Waals surface area (Å²) in [5.74, 6) is 0. The molecule has 82 valence electrons. The molecule has 3 atom stereocenters. The Morgan fingerprint density at radius 3 is 2.53 bits per heavy atom. The zero-order valence-corrected chi connectivity index (χ0v) is 12.2. The summed E-state index contributed by atoms with van der Waals surface area (Å²) in [7, 11) is 4.82. The van der Waals surface area contributed by atoms with Gasteiger partial charge in [-0.25, -0.2) is 0 Å². The molecular formula is C11H16AsNS2. The molecule has 1 aromatic rings. The molecule has 0 spiro atoms. The Bertz CT molecular complexity index is 318. The van der Waals surface area contributed by atoms with Gasteiger partial charge in [-0.05, 0) is 0 Å². The second-order valence-electron chi connectivity index (χ2n) is 3.98. The third-order valence-corrected chi connectivity index (χ3v) is 10.6. The predicted molar refractivity (Wildman–Crippen MR) is 75.2 cm³/mol. The van der Waals surface area contributed by atoms with E-state index in [0.717, 1.165) is 5.69 Å². The van der Waals surface area contributed by atoms with Crippen LogP contribution in [0.15, 0.2) is 24.3 Å². The molecule has 0 bridgehead atoms. The van der Waals surface area contributed by atoms with E-state index in [-0.39, 0.29) is 0 Å². The van der Waals surface area contributed by atoms with Crippen molar-refractivity contribution in [2.45, 2.75) is 28.0 Å². The first-order chi connectivity index (χ1) is 7.18. The Hall–Kier alpha value is 0.278. The molecular weight excluding hydrogens is 285 g/mol. The van der Waals surface area contributed by atoms with Crippen molar-refractivity contribution in [3.05, 3.63) is 29.8 Å². The molecule has 1 aliphatic rings. The molecule has 2 N–H and O–H groups in total. The number of hydrogen-bond acceptors (Lipinski definition) is 3. The van der Waals surface area contributed by atoms with Crippen molar-refractivity contribution in [3.8, 4) is 0 Å². The van der Waals surface area contributed by atoms with Gasteiger partial charge in [0.25, 0.3) is 0 Å². The standard InChI is InChI=1S/C11H16AsNS2/c13-9-5-3-8(4-6-9)11-10(14)2-1-7-12(11)15/h3-6,10-11,14-15H,1-2,7,13H2. The minimum absolute atomic E-state index is 0.500. The van der Waals surface area contributed by atoms with Crippen LogP contribution in [0.5, 0.6) is 0 Å². The van der Waals surface area contributed by atoms with Crippen LogP contribution in [0.4, 0.5) is 5.69 Å². The fraction of sp³-hybridized carbons (Fsp3) is 0.455. The van der Waals surface area contributed by atoms with Gasteiger partial charge < -0.3 is 0 Å². The molecule has 1 aromatic carbocycles. The molecule has 1 fully saturated rings. The van der Waals surface area contributed by atoms with E-state index in [1.807, 2.05) is 12.1 Å². The Morgan fingerprint density at radius 2 is 1.93 bits per heavy atom. The van der Waals surface area contributed by atoms with E-state index in [1.54, 1.807) is 0 Å². The maximum atomic E-state index is 5.70. The van der Waals surface area contributed by atoms with Crippen LogP contribution in [0.2, 0.25) is 5.21 Å². The van der Waals surface area contributed by atoms with Gasteiger partial charge in [-0.2, -0.15) is 0 Å². The zero-order valence-electron chi connectivity index (χ0n) is 8.50. The first kappa shape index (κ1) is 11.8. The van der Waals surface area contributed by atoms with E-state index in [1.165, 1.54) is 23.6 Å². The number of benzene rings is 1.